The van der Waals surface area contributed by atoms with Crippen molar-refractivity contribution in [2.45, 2.75) is 265 Å². The lowest BCUT2D eigenvalue weighted by atomic mass is 10.0. The fraction of sp³-hybridized carbons (Fsp3) is 0.936. The summed E-state index contributed by atoms with van der Waals surface area (Å²) in [5, 5.41) is 0. The van der Waals surface area contributed by atoms with Crippen molar-refractivity contribution in [3.63, 3.8) is 0 Å². The van der Waals surface area contributed by atoms with Crippen LogP contribution in [-0.4, -0.2) is 37.2 Å². The zero-order chi connectivity index (χ0) is 38.9. The van der Waals surface area contributed by atoms with E-state index in [-0.39, 0.29) is 31.1 Å². The molecule has 6 heteroatoms. The van der Waals surface area contributed by atoms with Crippen molar-refractivity contribution in [1.29, 1.82) is 0 Å². The molecule has 0 rings (SSSR count). The summed E-state index contributed by atoms with van der Waals surface area (Å²) in [4.78, 5) is 37.6. The SMILES string of the molecule is CCCCCCCCCCCCCCCCCC(=O)OC[C@@H](COC(=O)CCCCCCCCCCCCC(C)C)OC(=O)CCCCCCCCC. The predicted octanol–water partition coefficient (Wildman–Crippen LogP) is 14.7. The van der Waals surface area contributed by atoms with Crippen LogP contribution in [0.2, 0.25) is 0 Å². The Morgan fingerprint density at radius 2 is 0.623 bits per heavy atom. The molecule has 314 valence electrons. The summed E-state index contributed by atoms with van der Waals surface area (Å²) in [5.74, 6) is -0.0404. The molecule has 0 heterocycles. The molecule has 0 saturated carbocycles. The van der Waals surface area contributed by atoms with Gasteiger partial charge in [0.15, 0.2) is 6.10 Å². The Bertz CT molecular complexity index is 796. The highest BCUT2D eigenvalue weighted by Gasteiger charge is 2.19. The molecule has 6 nitrogen and oxygen atoms in total. The molecule has 0 aromatic carbocycles. The van der Waals surface area contributed by atoms with Crippen molar-refractivity contribution in [3.05, 3.63) is 0 Å². The molecule has 0 aliphatic heterocycles. The molecule has 0 aromatic rings. The van der Waals surface area contributed by atoms with Crippen LogP contribution in [0.15, 0.2) is 0 Å². The number of rotatable bonds is 42. The van der Waals surface area contributed by atoms with Crippen LogP contribution in [-0.2, 0) is 28.6 Å². The van der Waals surface area contributed by atoms with E-state index >= 15 is 0 Å². The van der Waals surface area contributed by atoms with Gasteiger partial charge in [-0.3, -0.25) is 14.4 Å². The maximum atomic E-state index is 12.6. The summed E-state index contributed by atoms with van der Waals surface area (Å²) in [6.07, 6.45) is 41.0. The molecule has 0 unspecified atom stereocenters. The zero-order valence-corrected chi connectivity index (χ0v) is 36.0. The molecule has 0 bridgehead atoms. The number of ether oxygens (including phenoxy) is 3. The lowest BCUT2D eigenvalue weighted by molar-refractivity contribution is -0.167. The van der Waals surface area contributed by atoms with Crippen LogP contribution < -0.4 is 0 Å². The van der Waals surface area contributed by atoms with E-state index in [0.29, 0.717) is 19.3 Å². The lowest BCUT2D eigenvalue weighted by Gasteiger charge is -2.18. The third kappa shape index (κ3) is 41.4. The highest BCUT2D eigenvalue weighted by molar-refractivity contribution is 5.71. The summed E-state index contributed by atoms with van der Waals surface area (Å²) in [6.45, 7) is 8.95. The highest BCUT2D eigenvalue weighted by Crippen LogP contribution is 2.16. The minimum absolute atomic E-state index is 0.0641. The second-order valence-electron chi connectivity index (χ2n) is 16.5. The molecule has 0 aromatic heterocycles. The Balaban J connectivity index is 4.21. The van der Waals surface area contributed by atoms with E-state index in [1.807, 2.05) is 0 Å². The van der Waals surface area contributed by atoms with Crippen molar-refractivity contribution >= 4 is 17.9 Å². The molecule has 0 amide bonds. The van der Waals surface area contributed by atoms with Crippen LogP contribution in [0.5, 0.6) is 0 Å². The minimum atomic E-state index is -0.758. The average molecular weight is 751 g/mol. The van der Waals surface area contributed by atoms with Crippen LogP contribution in [0.3, 0.4) is 0 Å². The first-order chi connectivity index (χ1) is 25.9. The van der Waals surface area contributed by atoms with Crippen LogP contribution in [0.25, 0.3) is 0 Å². The standard InChI is InChI=1S/C47H90O6/c1-5-7-9-11-13-14-15-16-17-18-19-23-27-30-34-38-45(48)51-41-44(53-47(50)40-36-32-25-12-10-8-6-2)42-52-46(49)39-35-31-28-24-21-20-22-26-29-33-37-43(3)4/h43-44H,5-42H2,1-4H3/t44-/m0/s1. The first-order valence-corrected chi connectivity index (χ1v) is 23.4. The van der Waals surface area contributed by atoms with Crippen molar-refractivity contribution in [2.24, 2.45) is 5.92 Å². The second kappa shape index (κ2) is 41.6. The maximum Gasteiger partial charge on any atom is 0.306 e. The van der Waals surface area contributed by atoms with Gasteiger partial charge in [-0.05, 0) is 25.2 Å². The molecule has 0 aliphatic rings. The number of carbonyl (C=O) groups is 3. The van der Waals surface area contributed by atoms with E-state index < -0.39 is 6.10 Å². The van der Waals surface area contributed by atoms with Crippen molar-refractivity contribution in [2.75, 3.05) is 13.2 Å². The van der Waals surface area contributed by atoms with Gasteiger partial charge in [-0.25, -0.2) is 0 Å². The monoisotopic (exact) mass is 751 g/mol. The topological polar surface area (TPSA) is 78.9 Å². The van der Waals surface area contributed by atoms with Crippen molar-refractivity contribution < 1.29 is 28.6 Å². The molecule has 53 heavy (non-hydrogen) atoms. The van der Waals surface area contributed by atoms with Crippen molar-refractivity contribution in [1.82, 2.24) is 0 Å². The molecular weight excluding hydrogens is 661 g/mol. The summed E-state index contributed by atoms with van der Waals surface area (Å²) in [7, 11) is 0. The van der Waals surface area contributed by atoms with Gasteiger partial charge in [-0.15, -0.1) is 0 Å². The summed E-state index contributed by atoms with van der Waals surface area (Å²) < 4.78 is 16.7. The number of carbonyl (C=O) groups excluding carboxylic acids is 3. The lowest BCUT2D eigenvalue weighted by Crippen LogP contribution is -2.30. The Morgan fingerprint density at radius 1 is 0.358 bits per heavy atom. The van der Waals surface area contributed by atoms with Gasteiger partial charge in [-0.2, -0.15) is 0 Å². The first-order valence-electron chi connectivity index (χ1n) is 23.4. The third-order valence-corrected chi connectivity index (χ3v) is 10.5. The number of hydrogen-bond acceptors (Lipinski definition) is 6. The second-order valence-corrected chi connectivity index (χ2v) is 16.5. The van der Waals surface area contributed by atoms with Gasteiger partial charge in [0.2, 0.25) is 0 Å². The quantitative estimate of drug-likeness (QED) is 0.0351. The van der Waals surface area contributed by atoms with Gasteiger partial charge in [0.1, 0.15) is 13.2 Å². The van der Waals surface area contributed by atoms with Crippen LogP contribution in [0.1, 0.15) is 259 Å². The molecule has 0 fully saturated rings. The number of esters is 3. The Kier molecular flexibility index (Phi) is 40.3. The Labute approximate surface area is 329 Å². The van der Waals surface area contributed by atoms with Gasteiger partial charge < -0.3 is 14.2 Å². The molecule has 1 atom stereocenters. The highest BCUT2D eigenvalue weighted by atomic mass is 16.6. The molecule has 0 aliphatic carbocycles. The largest absolute Gasteiger partial charge is 0.462 e. The maximum absolute atomic E-state index is 12.6. The van der Waals surface area contributed by atoms with Gasteiger partial charge in [0.25, 0.3) is 0 Å². The van der Waals surface area contributed by atoms with Crippen LogP contribution in [0.4, 0.5) is 0 Å². The van der Waals surface area contributed by atoms with Crippen molar-refractivity contribution in [3.8, 4) is 0 Å². The van der Waals surface area contributed by atoms with E-state index in [9.17, 15) is 14.4 Å². The van der Waals surface area contributed by atoms with Gasteiger partial charge in [0, 0.05) is 19.3 Å². The van der Waals surface area contributed by atoms with Gasteiger partial charge >= 0.3 is 17.9 Å². The average Bonchev–Trinajstić information content (AvgIpc) is 3.14. The van der Waals surface area contributed by atoms with E-state index in [1.165, 1.54) is 154 Å². The smallest absolute Gasteiger partial charge is 0.306 e. The molecule has 0 saturated heterocycles. The molecule has 0 radical (unpaired) electrons. The molecular formula is C47H90O6. The number of hydrogen-bond donors (Lipinski definition) is 0. The van der Waals surface area contributed by atoms with E-state index in [0.717, 1.165) is 63.7 Å². The molecule has 0 N–H and O–H groups in total. The number of unbranched alkanes of at least 4 members (excludes halogenated alkanes) is 29. The first kappa shape index (κ1) is 51.4. The van der Waals surface area contributed by atoms with Crippen LogP contribution >= 0.6 is 0 Å². The van der Waals surface area contributed by atoms with Gasteiger partial charge in [0.05, 0.1) is 0 Å². The third-order valence-electron chi connectivity index (χ3n) is 10.5. The zero-order valence-electron chi connectivity index (χ0n) is 36.0. The van der Waals surface area contributed by atoms with E-state index in [1.54, 1.807) is 0 Å². The fourth-order valence-corrected chi connectivity index (χ4v) is 6.98. The van der Waals surface area contributed by atoms with Crippen LogP contribution in [0, 0.1) is 5.92 Å². The summed E-state index contributed by atoms with van der Waals surface area (Å²) in [6, 6.07) is 0. The predicted molar refractivity (Wildman–Crippen MR) is 224 cm³/mol. The normalized spacial score (nSPS) is 11.9. The minimum Gasteiger partial charge on any atom is -0.462 e. The summed E-state index contributed by atoms with van der Waals surface area (Å²) >= 11 is 0. The molecule has 0 spiro atoms. The Hall–Kier alpha value is -1.59. The van der Waals surface area contributed by atoms with E-state index in [2.05, 4.69) is 27.7 Å². The fourth-order valence-electron chi connectivity index (χ4n) is 6.98. The Morgan fingerprint density at radius 3 is 0.925 bits per heavy atom. The summed E-state index contributed by atoms with van der Waals surface area (Å²) in [5.41, 5.74) is 0. The van der Waals surface area contributed by atoms with Gasteiger partial charge in [-0.1, -0.05) is 220 Å². The van der Waals surface area contributed by atoms with E-state index in [4.69, 9.17) is 14.2 Å².